The van der Waals surface area contributed by atoms with E-state index in [0.29, 0.717) is 0 Å². The van der Waals surface area contributed by atoms with E-state index >= 15 is 0 Å². The number of aryl methyl sites for hydroxylation is 1. The molecule has 2 N–H and O–H groups in total. The summed E-state index contributed by atoms with van der Waals surface area (Å²) in [6, 6.07) is 6.59. The highest BCUT2D eigenvalue weighted by Gasteiger charge is 2.37. The van der Waals surface area contributed by atoms with E-state index in [1.807, 2.05) is 0 Å². The van der Waals surface area contributed by atoms with E-state index in [1.165, 1.54) is 23.1 Å². The van der Waals surface area contributed by atoms with Crippen molar-refractivity contribution in [1.82, 2.24) is 0 Å². The second-order valence-corrected chi connectivity index (χ2v) is 4.13. The summed E-state index contributed by atoms with van der Waals surface area (Å²) in [5.41, 5.74) is 10.0. The molecule has 1 fully saturated rings. The average Bonchev–Trinajstić information content (AvgIpc) is 2.89. The highest BCUT2D eigenvalue weighted by Crippen LogP contribution is 2.47. The zero-order valence-corrected chi connectivity index (χ0v) is 8.38. The van der Waals surface area contributed by atoms with Gasteiger partial charge in [-0.1, -0.05) is 18.2 Å². The summed E-state index contributed by atoms with van der Waals surface area (Å²) in [6.45, 7) is 5.24. The summed E-state index contributed by atoms with van der Waals surface area (Å²) >= 11 is 0. The van der Waals surface area contributed by atoms with Crippen LogP contribution in [0.5, 0.6) is 0 Å². The molecule has 0 aromatic heterocycles. The maximum absolute atomic E-state index is 5.65. The minimum Gasteiger partial charge on any atom is -0.330 e. The second kappa shape index (κ2) is 3.15. The Morgan fingerprint density at radius 1 is 1.38 bits per heavy atom. The van der Waals surface area contributed by atoms with Gasteiger partial charge in [0.25, 0.3) is 0 Å². The van der Waals surface area contributed by atoms with Gasteiger partial charge in [-0.3, -0.25) is 0 Å². The Kier molecular flexibility index (Phi) is 2.12. The summed E-state index contributed by atoms with van der Waals surface area (Å²) in [4.78, 5) is 0. The van der Waals surface area contributed by atoms with Gasteiger partial charge in [0.15, 0.2) is 0 Å². The second-order valence-electron chi connectivity index (χ2n) is 4.13. The Labute approximate surface area is 80.0 Å². The molecule has 2 atom stereocenters. The van der Waals surface area contributed by atoms with Gasteiger partial charge in [0.05, 0.1) is 0 Å². The lowest BCUT2D eigenvalue weighted by Crippen LogP contribution is -2.02. The van der Waals surface area contributed by atoms with Gasteiger partial charge >= 0.3 is 0 Å². The van der Waals surface area contributed by atoms with Gasteiger partial charge in [-0.05, 0) is 55.3 Å². The van der Waals surface area contributed by atoms with Crippen LogP contribution in [0.3, 0.4) is 0 Å². The molecule has 1 aromatic rings. The van der Waals surface area contributed by atoms with Crippen LogP contribution >= 0.6 is 0 Å². The highest BCUT2D eigenvalue weighted by atomic mass is 14.6. The van der Waals surface area contributed by atoms with Crippen LogP contribution in [0.25, 0.3) is 0 Å². The van der Waals surface area contributed by atoms with Crippen LogP contribution in [0.2, 0.25) is 0 Å². The van der Waals surface area contributed by atoms with Crippen LogP contribution in [0.15, 0.2) is 18.2 Å². The summed E-state index contributed by atoms with van der Waals surface area (Å²) in [7, 11) is 0. The van der Waals surface area contributed by atoms with Gasteiger partial charge < -0.3 is 5.73 Å². The van der Waals surface area contributed by atoms with E-state index in [4.69, 9.17) is 5.73 Å². The molecule has 1 aromatic carbocycles. The summed E-state index contributed by atoms with van der Waals surface area (Å²) in [5.74, 6) is 1.50. The molecule has 1 aliphatic carbocycles. The highest BCUT2D eigenvalue weighted by molar-refractivity contribution is 5.38. The van der Waals surface area contributed by atoms with E-state index in [9.17, 15) is 0 Å². The molecule has 0 spiro atoms. The van der Waals surface area contributed by atoms with Crippen LogP contribution in [-0.2, 0) is 0 Å². The Balaban J connectivity index is 2.27. The quantitative estimate of drug-likeness (QED) is 0.733. The molecular weight excluding hydrogens is 158 g/mol. The molecule has 0 saturated heterocycles. The molecule has 0 bridgehead atoms. The third kappa shape index (κ3) is 1.49. The number of hydrogen-bond acceptors (Lipinski definition) is 1. The average molecular weight is 175 g/mol. The molecule has 0 amide bonds. The van der Waals surface area contributed by atoms with Gasteiger partial charge in [0, 0.05) is 0 Å². The molecule has 0 unspecified atom stereocenters. The Morgan fingerprint density at radius 2 is 2.15 bits per heavy atom. The standard InChI is InChI=1S/C12H17N/c1-8-4-3-5-11(9(8)2)12-6-10(12)7-13/h3-5,10,12H,6-7,13H2,1-2H3/t10-,12+/m1/s1. The Hall–Kier alpha value is -0.820. The van der Waals surface area contributed by atoms with E-state index < -0.39 is 0 Å². The van der Waals surface area contributed by atoms with Crippen molar-refractivity contribution in [2.45, 2.75) is 26.2 Å². The fourth-order valence-corrected chi connectivity index (χ4v) is 2.06. The monoisotopic (exact) mass is 175 g/mol. The number of nitrogens with two attached hydrogens (primary N) is 1. The maximum Gasteiger partial charge on any atom is -0.00428 e. The number of hydrogen-bond donors (Lipinski definition) is 1. The predicted molar refractivity (Wildman–Crippen MR) is 55.8 cm³/mol. The van der Waals surface area contributed by atoms with Crippen molar-refractivity contribution >= 4 is 0 Å². The van der Waals surface area contributed by atoms with Gasteiger partial charge in [0.1, 0.15) is 0 Å². The zero-order valence-electron chi connectivity index (χ0n) is 8.38. The van der Waals surface area contributed by atoms with Crippen LogP contribution < -0.4 is 5.73 Å². The first-order valence-electron chi connectivity index (χ1n) is 5.00. The zero-order chi connectivity index (χ0) is 9.42. The lowest BCUT2D eigenvalue weighted by atomic mass is 9.99. The lowest BCUT2D eigenvalue weighted by molar-refractivity contribution is 0.806. The van der Waals surface area contributed by atoms with Crippen LogP contribution in [-0.4, -0.2) is 6.54 Å². The van der Waals surface area contributed by atoms with E-state index in [-0.39, 0.29) is 0 Å². The fraction of sp³-hybridized carbons (Fsp3) is 0.500. The first-order valence-corrected chi connectivity index (χ1v) is 5.00. The molecule has 13 heavy (non-hydrogen) atoms. The van der Waals surface area contributed by atoms with Gasteiger partial charge in [0.2, 0.25) is 0 Å². The molecule has 1 nitrogen and oxygen atoms in total. The molecule has 1 aliphatic rings. The summed E-state index contributed by atoms with van der Waals surface area (Å²) in [5, 5.41) is 0. The predicted octanol–water partition coefficient (Wildman–Crippen LogP) is 2.37. The van der Waals surface area contributed by atoms with Crippen molar-refractivity contribution in [1.29, 1.82) is 0 Å². The third-order valence-electron chi connectivity index (χ3n) is 3.27. The molecule has 0 aliphatic heterocycles. The van der Waals surface area contributed by atoms with Gasteiger partial charge in [-0.25, -0.2) is 0 Å². The topological polar surface area (TPSA) is 26.0 Å². The fourth-order valence-electron chi connectivity index (χ4n) is 2.06. The SMILES string of the molecule is Cc1cccc([C@H]2C[C@@H]2CN)c1C. The minimum absolute atomic E-state index is 0.750. The van der Waals surface area contributed by atoms with E-state index in [1.54, 1.807) is 0 Å². The molecular formula is C12H17N. The van der Waals surface area contributed by atoms with Crippen molar-refractivity contribution in [2.75, 3.05) is 6.54 Å². The minimum atomic E-state index is 0.750. The number of rotatable bonds is 2. The maximum atomic E-state index is 5.65. The first kappa shape index (κ1) is 8.76. The van der Waals surface area contributed by atoms with Crippen molar-refractivity contribution in [3.05, 3.63) is 34.9 Å². The largest absolute Gasteiger partial charge is 0.330 e. The van der Waals surface area contributed by atoms with Crippen molar-refractivity contribution in [3.8, 4) is 0 Å². The van der Waals surface area contributed by atoms with Crippen molar-refractivity contribution < 1.29 is 0 Å². The van der Waals surface area contributed by atoms with E-state index in [2.05, 4.69) is 32.0 Å². The van der Waals surface area contributed by atoms with Crippen LogP contribution in [0.4, 0.5) is 0 Å². The smallest absolute Gasteiger partial charge is 0.00428 e. The molecule has 0 radical (unpaired) electrons. The Bertz CT molecular complexity index is 317. The van der Waals surface area contributed by atoms with Crippen molar-refractivity contribution in [2.24, 2.45) is 11.7 Å². The van der Waals surface area contributed by atoms with E-state index in [0.717, 1.165) is 18.4 Å². The molecule has 2 rings (SSSR count). The Morgan fingerprint density at radius 3 is 2.77 bits per heavy atom. The van der Waals surface area contributed by atoms with Gasteiger partial charge in [-0.15, -0.1) is 0 Å². The summed E-state index contributed by atoms with van der Waals surface area (Å²) in [6.07, 6.45) is 1.29. The summed E-state index contributed by atoms with van der Waals surface area (Å²) < 4.78 is 0. The molecule has 1 heteroatoms. The van der Waals surface area contributed by atoms with Crippen molar-refractivity contribution in [3.63, 3.8) is 0 Å². The van der Waals surface area contributed by atoms with Gasteiger partial charge in [-0.2, -0.15) is 0 Å². The normalized spacial score (nSPS) is 26.1. The molecule has 0 heterocycles. The van der Waals surface area contributed by atoms with Crippen LogP contribution in [0.1, 0.15) is 29.0 Å². The van der Waals surface area contributed by atoms with Crippen LogP contribution in [0, 0.1) is 19.8 Å². The number of benzene rings is 1. The molecule has 1 saturated carbocycles. The third-order valence-corrected chi connectivity index (χ3v) is 3.27. The lowest BCUT2D eigenvalue weighted by Gasteiger charge is -2.07. The molecule has 70 valence electrons. The first-order chi connectivity index (χ1) is 6.24.